The molecule has 0 radical (unpaired) electrons. The number of halogens is 3. The molecule has 1 N–H and O–H groups in total. The van der Waals surface area contributed by atoms with Gasteiger partial charge in [0.05, 0.1) is 9.83 Å². The molecule has 0 atom stereocenters. The fourth-order valence-corrected chi connectivity index (χ4v) is 3.59. The minimum atomic E-state index is -4.84. The third-order valence-electron chi connectivity index (χ3n) is 4.25. The number of nitrogens with zero attached hydrogens (tertiary/aromatic N) is 2. The standard InChI is InChI=1S/C20H14F3N3O6S/c21-20(22,23)32-15-7-3-13(4-8-15)17(27)24-9-10-25-18(28)16(33-19(25)29)11-12-1-5-14(6-2-12)26(30)31/h1-8,11H,9-10H2,(H,24,27)/b16-11+. The van der Waals surface area contributed by atoms with Gasteiger partial charge in [-0.3, -0.25) is 29.4 Å². The Morgan fingerprint density at radius 3 is 2.33 bits per heavy atom. The lowest BCUT2D eigenvalue weighted by Crippen LogP contribution is -2.37. The summed E-state index contributed by atoms with van der Waals surface area (Å²) < 4.78 is 40.3. The van der Waals surface area contributed by atoms with Crippen LogP contribution >= 0.6 is 11.8 Å². The van der Waals surface area contributed by atoms with Crippen LogP contribution in [0, 0.1) is 10.1 Å². The van der Waals surface area contributed by atoms with Crippen molar-refractivity contribution in [1.82, 2.24) is 10.2 Å². The zero-order chi connectivity index (χ0) is 24.2. The summed E-state index contributed by atoms with van der Waals surface area (Å²) in [4.78, 5) is 48.0. The Morgan fingerprint density at radius 1 is 1.12 bits per heavy atom. The molecular weight excluding hydrogens is 467 g/mol. The smallest absolute Gasteiger partial charge is 0.406 e. The molecule has 0 aliphatic carbocycles. The van der Waals surface area contributed by atoms with Crippen LogP contribution in [-0.2, 0) is 4.79 Å². The molecule has 1 aliphatic rings. The summed E-state index contributed by atoms with van der Waals surface area (Å²) in [5, 5.41) is 12.6. The normalized spacial score (nSPS) is 15.1. The molecular formula is C20H14F3N3O6S. The van der Waals surface area contributed by atoms with Gasteiger partial charge in [-0.1, -0.05) is 0 Å². The molecule has 1 aliphatic heterocycles. The summed E-state index contributed by atoms with van der Waals surface area (Å²) >= 11 is 0.695. The largest absolute Gasteiger partial charge is 0.573 e. The lowest BCUT2D eigenvalue weighted by molar-refractivity contribution is -0.384. The lowest BCUT2D eigenvalue weighted by Gasteiger charge is -2.13. The number of thioether (sulfide) groups is 1. The van der Waals surface area contributed by atoms with Gasteiger partial charge < -0.3 is 10.1 Å². The van der Waals surface area contributed by atoms with Gasteiger partial charge in [-0.15, -0.1) is 13.2 Å². The minimum absolute atomic E-state index is 0.0664. The van der Waals surface area contributed by atoms with Gasteiger partial charge in [-0.25, -0.2) is 0 Å². The van der Waals surface area contributed by atoms with Crippen LogP contribution in [0.15, 0.2) is 53.4 Å². The maximum Gasteiger partial charge on any atom is 0.573 e. The van der Waals surface area contributed by atoms with E-state index in [9.17, 15) is 37.7 Å². The number of nitro benzene ring substituents is 1. The molecule has 0 saturated carbocycles. The molecule has 13 heteroatoms. The molecule has 1 heterocycles. The number of nitro groups is 1. The van der Waals surface area contributed by atoms with Gasteiger partial charge >= 0.3 is 6.36 Å². The van der Waals surface area contributed by atoms with E-state index in [-0.39, 0.29) is 29.2 Å². The van der Waals surface area contributed by atoms with Crippen molar-refractivity contribution in [2.75, 3.05) is 13.1 Å². The molecule has 9 nitrogen and oxygen atoms in total. The third-order valence-corrected chi connectivity index (χ3v) is 5.15. The van der Waals surface area contributed by atoms with E-state index in [4.69, 9.17) is 0 Å². The van der Waals surface area contributed by atoms with Crippen LogP contribution in [-0.4, -0.2) is 46.3 Å². The van der Waals surface area contributed by atoms with Crippen LogP contribution in [0.1, 0.15) is 15.9 Å². The third kappa shape index (κ3) is 6.32. The molecule has 3 amide bonds. The monoisotopic (exact) mass is 481 g/mol. The Labute approximate surface area is 188 Å². The fraction of sp³-hybridized carbons (Fsp3) is 0.150. The molecule has 1 saturated heterocycles. The lowest BCUT2D eigenvalue weighted by atomic mass is 10.2. The van der Waals surface area contributed by atoms with Crippen molar-refractivity contribution in [3.63, 3.8) is 0 Å². The van der Waals surface area contributed by atoms with Gasteiger partial charge in [0.2, 0.25) is 0 Å². The van der Waals surface area contributed by atoms with Crippen molar-refractivity contribution in [3.8, 4) is 5.75 Å². The molecule has 0 bridgehead atoms. The number of rotatable bonds is 7. The number of alkyl halides is 3. The number of hydrogen-bond acceptors (Lipinski definition) is 7. The first kappa shape index (κ1) is 23.8. The first-order valence-corrected chi connectivity index (χ1v) is 9.99. The van der Waals surface area contributed by atoms with Crippen molar-refractivity contribution < 1.29 is 37.2 Å². The number of carbonyl (C=O) groups excluding carboxylic acids is 3. The number of imide groups is 1. The Bertz CT molecular complexity index is 1120. The SMILES string of the molecule is O=C(NCCN1C(=O)S/C(=C/c2ccc([N+](=O)[O-])cc2)C1=O)c1ccc(OC(F)(F)F)cc1. The molecule has 2 aromatic rings. The second-order valence-electron chi connectivity index (χ2n) is 6.51. The van der Waals surface area contributed by atoms with E-state index in [0.717, 1.165) is 29.2 Å². The van der Waals surface area contributed by atoms with Crippen LogP contribution < -0.4 is 10.1 Å². The van der Waals surface area contributed by atoms with Gasteiger partial charge in [0, 0.05) is 30.8 Å². The van der Waals surface area contributed by atoms with Gasteiger partial charge in [-0.05, 0) is 59.8 Å². The van der Waals surface area contributed by atoms with Crippen molar-refractivity contribution in [3.05, 3.63) is 74.7 Å². The van der Waals surface area contributed by atoms with Gasteiger partial charge in [0.1, 0.15) is 5.75 Å². The quantitative estimate of drug-likeness (QED) is 0.361. The van der Waals surface area contributed by atoms with Crippen LogP contribution in [0.5, 0.6) is 5.75 Å². The molecule has 172 valence electrons. The van der Waals surface area contributed by atoms with Crippen molar-refractivity contribution in [1.29, 1.82) is 0 Å². The predicted octanol–water partition coefficient (Wildman–Crippen LogP) is 3.96. The number of benzene rings is 2. The van der Waals surface area contributed by atoms with E-state index >= 15 is 0 Å². The van der Waals surface area contributed by atoms with Crippen LogP contribution in [0.4, 0.5) is 23.7 Å². The second-order valence-corrected chi connectivity index (χ2v) is 7.50. The Morgan fingerprint density at radius 2 is 1.76 bits per heavy atom. The molecule has 3 rings (SSSR count). The Balaban J connectivity index is 1.55. The number of ether oxygens (including phenoxy) is 1. The molecule has 1 fully saturated rings. The number of hydrogen-bond donors (Lipinski definition) is 1. The van der Waals surface area contributed by atoms with Crippen LogP contribution in [0.2, 0.25) is 0 Å². The van der Waals surface area contributed by atoms with E-state index in [1.54, 1.807) is 0 Å². The minimum Gasteiger partial charge on any atom is -0.406 e. The van der Waals surface area contributed by atoms with Gasteiger partial charge in [0.25, 0.3) is 22.7 Å². The summed E-state index contributed by atoms with van der Waals surface area (Å²) in [6.07, 6.45) is -3.42. The van der Waals surface area contributed by atoms with E-state index in [2.05, 4.69) is 10.1 Å². The summed E-state index contributed by atoms with van der Waals surface area (Å²) in [5.74, 6) is -1.66. The van der Waals surface area contributed by atoms with E-state index in [0.29, 0.717) is 17.3 Å². The highest BCUT2D eigenvalue weighted by Crippen LogP contribution is 2.32. The highest BCUT2D eigenvalue weighted by molar-refractivity contribution is 8.18. The molecule has 0 spiro atoms. The number of amides is 3. The van der Waals surface area contributed by atoms with Gasteiger partial charge in [0.15, 0.2) is 0 Å². The molecule has 33 heavy (non-hydrogen) atoms. The molecule has 0 aromatic heterocycles. The first-order chi connectivity index (χ1) is 15.5. The molecule has 2 aromatic carbocycles. The maximum absolute atomic E-state index is 12.5. The topological polar surface area (TPSA) is 119 Å². The highest BCUT2D eigenvalue weighted by atomic mass is 32.2. The van der Waals surface area contributed by atoms with Crippen molar-refractivity contribution in [2.24, 2.45) is 0 Å². The zero-order valence-corrected chi connectivity index (χ0v) is 17.3. The summed E-state index contributed by atoms with van der Waals surface area (Å²) in [6.45, 7) is -0.203. The number of nitrogens with one attached hydrogen (secondary N) is 1. The molecule has 0 unspecified atom stereocenters. The Kier molecular flexibility index (Phi) is 7.01. The number of carbonyl (C=O) groups is 3. The van der Waals surface area contributed by atoms with Gasteiger partial charge in [-0.2, -0.15) is 0 Å². The fourth-order valence-electron chi connectivity index (χ4n) is 2.73. The van der Waals surface area contributed by atoms with E-state index in [1.807, 2.05) is 0 Å². The van der Waals surface area contributed by atoms with E-state index < -0.39 is 34.1 Å². The average molecular weight is 481 g/mol. The maximum atomic E-state index is 12.5. The second kappa shape index (κ2) is 9.73. The zero-order valence-electron chi connectivity index (χ0n) is 16.5. The van der Waals surface area contributed by atoms with Crippen molar-refractivity contribution >= 4 is 40.6 Å². The van der Waals surface area contributed by atoms with Crippen LogP contribution in [0.25, 0.3) is 6.08 Å². The van der Waals surface area contributed by atoms with Crippen LogP contribution in [0.3, 0.4) is 0 Å². The summed E-state index contributed by atoms with van der Waals surface area (Å²) in [6, 6.07) is 9.69. The Hall–Kier alpha value is -3.87. The highest BCUT2D eigenvalue weighted by Gasteiger charge is 2.34. The van der Waals surface area contributed by atoms with E-state index in [1.165, 1.54) is 30.3 Å². The predicted molar refractivity (Wildman–Crippen MR) is 111 cm³/mol. The first-order valence-electron chi connectivity index (χ1n) is 9.17. The summed E-state index contributed by atoms with van der Waals surface area (Å²) in [5.41, 5.74) is 0.451. The number of non-ortho nitro benzene ring substituents is 1. The average Bonchev–Trinajstić information content (AvgIpc) is 3.00. The summed E-state index contributed by atoms with van der Waals surface area (Å²) in [7, 11) is 0. The van der Waals surface area contributed by atoms with Crippen molar-refractivity contribution in [2.45, 2.75) is 6.36 Å².